The van der Waals surface area contributed by atoms with E-state index in [1.807, 2.05) is 4.90 Å². The average molecular weight is 282 g/mol. The number of aliphatic carboxylic acids is 1. The molecule has 20 heavy (non-hydrogen) atoms. The molecular weight excluding hydrogens is 256 g/mol. The summed E-state index contributed by atoms with van der Waals surface area (Å²) in [5.74, 6) is -0.778. The number of carboxylic acid groups (broad SMARTS) is 1. The highest BCUT2D eigenvalue weighted by Crippen LogP contribution is 2.41. The topological polar surface area (TPSA) is 60.9 Å². The van der Waals surface area contributed by atoms with Crippen molar-refractivity contribution < 1.29 is 14.7 Å². The Bertz CT molecular complexity index is 379. The highest BCUT2D eigenvalue weighted by molar-refractivity contribution is 5.85. The number of carbonyl (C=O) groups is 2. The van der Waals surface area contributed by atoms with E-state index >= 15 is 0 Å². The van der Waals surface area contributed by atoms with Gasteiger partial charge in [0.25, 0.3) is 0 Å². The minimum Gasteiger partial charge on any atom is -0.481 e. The molecule has 0 aromatic carbocycles. The maximum Gasteiger partial charge on any atom is 0.310 e. The van der Waals surface area contributed by atoms with Crippen molar-refractivity contribution in [3.05, 3.63) is 0 Å². The molecular formula is C15H26N2O3. The second kappa shape index (κ2) is 5.72. The number of nitrogens with zero attached hydrogens (tertiary/aromatic N) is 2. The molecule has 0 radical (unpaired) electrons. The Hall–Kier alpha value is -1.10. The standard InChI is InChI=1S/C15H26N2O3/c1-11-9-17(10-12(2)16(11)3)13(18)8-15(14(19)20)6-4-5-7-15/h11-12H,4-10H2,1-3H3,(H,19,20). The van der Waals surface area contributed by atoms with E-state index in [0.717, 1.165) is 12.8 Å². The van der Waals surface area contributed by atoms with Gasteiger partial charge in [-0.2, -0.15) is 0 Å². The third-order valence-corrected chi connectivity index (χ3v) is 5.22. The van der Waals surface area contributed by atoms with E-state index in [-0.39, 0.29) is 12.3 Å². The first-order valence-corrected chi connectivity index (χ1v) is 7.59. The number of carboxylic acids is 1. The Morgan fingerprint density at radius 2 is 1.65 bits per heavy atom. The van der Waals surface area contributed by atoms with Crippen molar-refractivity contribution in [3.8, 4) is 0 Å². The van der Waals surface area contributed by atoms with Gasteiger partial charge in [0.2, 0.25) is 5.91 Å². The predicted octanol–water partition coefficient (Wildman–Crippen LogP) is 1.57. The summed E-state index contributed by atoms with van der Waals surface area (Å²) < 4.78 is 0. The van der Waals surface area contributed by atoms with E-state index in [1.54, 1.807) is 0 Å². The fourth-order valence-electron chi connectivity index (χ4n) is 3.53. The van der Waals surface area contributed by atoms with Crippen LogP contribution in [0, 0.1) is 5.41 Å². The van der Waals surface area contributed by atoms with Crippen molar-refractivity contribution >= 4 is 11.9 Å². The van der Waals surface area contributed by atoms with Crippen molar-refractivity contribution in [1.29, 1.82) is 0 Å². The molecule has 1 saturated heterocycles. The number of amides is 1. The van der Waals surface area contributed by atoms with Gasteiger partial charge in [-0.3, -0.25) is 14.5 Å². The van der Waals surface area contributed by atoms with Crippen LogP contribution in [0.5, 0.6) is 0 Å². The van der Waals surface area contributed by atoms with Gasteiger partial charge in [-0.25, -0.2) is 0 Å². The maximum absolute atomic E-state index is 12.5. The van der Waals surface area contributed by atoms with E-state index in [9.17, 15) is 14.7 Å². The quantitative estimate of drug-likeness (QED) is 0.853. The summed E-state index contributed by atoms with van der Waals surface area (Å²) in [5.41, 5.74) is -0.799. The Morgan fingerprint density at radius 3 is 2.10 bits per heavy atom. The van der Waals surface area contributed by atoms with Crippen LogP contribution in [-0.4, -0.2) is 59.0 Å². The summed E-state index contributed by atoms with van der Waals surface area (Å²) in [6.45, 7) is 5.63. The molecule has 1 N–H and O–H groups in total. The van der Waals surface area contributed by atoms with Crippen LogP contribution in [0.4, 0.5) is 0 Å². The molecule has 1 heterocycles. The van der Waals surface area contributed by atoms with Crippen molar-refractivity contribution in [3.63, 3.8) is 0 Å². The minimum absolute atomic E-state index is 0.0149. The van der Waals surface area contributed by atoms with Crippen LogP contribution < -0.4 is 0 Å². The Balaban J connectivity index is 2.03. The van der Waals surface area contributed by atoms with E-state index in [4.69, 9.17) is 0 Å². The lowest BCUT2D eigenvalue weighted by molar-refractivity contribution is -0.154. The molecule has 5 nitrogen and oxygen atoms in total. The van der Waals surface area contributed by atoms with Crippen LogP contribution in [0.3, 0.4) is 0 Å². The predicted molar refractivity (Wildman–Crippen MR) is 76.4 cm³/mol. The zero-order valence-electron chi connectivity index (χ0n) is 12.8. The molecule has 2 rings (SSSR count). The first-order valence-electron chi connectivity index (χ1n) is 7.59. The van der Waals surface area contributed by atoms with E-state index in [0.29, 0.717) is 38.0 Å². The summed E-state index contributed by atoms with van der Waals surface area (Å²) in [5, 5.41) is 9.48. The molecule has 5 heteroatoms. The van der Waals surface area contributed by atoms with E-state index < -0.39 is 11.4 Å². The van der Waals surface area contributed by atoms with Gasteiger partial charge in [0.1, 0.15) is 0 Å². The third-order valence-electron chi connectivity index (χ3n) is 5.22. The number of carbonyl (C=O) groups excluding carboxylic acids is 1. The zero-order valence-corrected chi connectivity index (χ0v) is 12.8. The molecule has 1 aliphatic carbocycles. The lowest BCUT2D eigenvalue weighted by atomic mass is 9.82. The van der Waals surface area contributed by atoms with Crippen molar-refractivity contribution in [2.45, 2.75) is 58.0 Å². The molecule has 114 valence electrons. The third kappa shape index (κ3) is 2.82. The Kier molecular flexibility index (Phi) is 4.37. The largest absolute Gasteiger partial charge is 0.481 e. The number of likely N-dealkylation sites (N-methyl/N-ethyl adjacent to an activating group) is 1. The summed E-state index contributed by atoms with van der Waals surface area (Å²) in [6, 6.07) is 0.652. The fraction of sp³-hybridized carbons (Fsp3) is 0.867. The Morgan fingerprint density at radius 1 is 1.15 bits per heavy atom. The molecule has 0 aromatic heterocycles. The average Bonchev–Trinajstić information content (AvgIpc) is 2.85. The molecule has 1 aliphatic heterocycles. The van der Waals surface area contributed by atoms with Crippen LogP contribution in [-0.2, 0) is 9.59 Å². The van der Waals surface area contributed by atoms with Crippen molar-refractivity contribution in [2.24, 2.45) is 5.41 Å². The van der Waals surface area contributed by atoms with Crippen LogP contribution >= 0.6 is 0 Å². The van der Waals surface area contributed by atoms with E-state index in [1.165, 1.54) is 0 Å². The first kappa shape index (κ1) is 15.3. The highest BCUT2D eigenvalue weighted by Gasteiger charge is 2.44. The zero-order chi connectivity index (χ0) is 14.9. The normalized spacial score (nSPS) is 30.4. The fourth-order valence-corrected chi connectivity index (χ4v) is 3.53. The molecule has 1 amide bonds. The van der Waals surface area contributed by atoms with Gasteiger partial charge in [0.05, 0.1) is 5.41 Å². The molecule has 0 bridgehead atoms. The van der Waals surface area contributed by atoms with Crippen LogP contribution in [0.15, 0.2) is 0 Å². The molecule has 1 saturated carbocycles. The number of piperazine rings is 1. The maximum atomic E-state index is 12.5. The van der Waals surface area contributed by atoms with Crippen LogP contribution in [0.25, 0.3) is 0 Å². The van der Waals surface area contributed by atoms with Gasteiger partial charge in [-0.1, -0.05) is 12.8 Å². The van der Waals surface area contributed by atoms with Gasteiger partial charge in [-0.05, 0) is 33.7 Å². The van der Waals surface area contributed by atoms with Crippen molar-refractivity contribution in [1.82, 2.24) is 9.80 Å². The summed E-state index contributed by atoms with van der Waals surface area (Å²) >= 11 is 0. The van der Waals surface area contributed by atoms with Crippen LogP contribution in [0.2, 0.25) is 0 Å². The lowest BCUT2D eigenvalue weighted by Gasteiger charge is -2.43. The van der Waals surface area contributed by atoms with Gasteiger partial charge in [0, 0.05) is 31.6 Å². The van der Waals surface area contributed by atoms with Crippen molar-refractivity contribution in [2.75, 3.05) is 20.1 Å². The molecule has 0 spiro atoms. The number of hydrogen-bond donors (Lipinski definition) is 1. The van der Waals surface area contributed by atoms with E-state index in [2.05, 4.69) is 25.8 Å². The highest BCUT2D eigenvalue weighted by atomic mass is 16.4. The van der Waals surface area contributed by atoms with Gasteiger partial charge < -0.3 is 10.0 Å². The SMILES string of the molecule is CC1CN(C(=O)CC2(C(=O)O)CCCC2)CC(C)N1C. The molecule has 2 fully saturated rings. The van der Waals surface area contributed by atoms with Gasteiger partial charge in [0.15, 0.2) is 0 Å². The van der Waals surface area contributed by atoms with Gasteiger partial charge >= 0.3 is 5.97 Å². The molecule has 2 atom stereocenters. The van der Waals surface area contributed by atoms with Gasteiger partial charge in [-0.15, -0.1) is 0 Å². The van der Waals surface area contributed by atoms with Crippen LogP contribution in [0.1, 0.15) is 46.0 Å². The first-order chi connectivity index (χ1) is 9.35. The Labute approximate surface area is 120 Å². The molecule has 0 aromatic rings. The summed E-state index contributed by atoms with van der Waals surface area (Å²) in [6.07, 6.45) is 3.32. The summed E-state index contributed by atoms with van der Waals surface area (Å²) in [4.78, 5) is 28.2. The second-order valence-electron chi connectivity index (χ2n) is 6.63. The molecule has 2 unspecified atom stereocenters. The monoisotopic (exact) mass is 282 g/mol. The smallest absolute Gasteiger partial charge is 0.310 e. The number of rotatable bonds is 3. The minimum atomic E-state index is -0.799. The molecule has 2 aliphatic rings. The second-order valence-corrected chi connectivity index (χ2v) is 6.63. The summed E-state index contributed by atoms with van der Waals surface area (Å²) in [7, 11) is 2.08. The lowest BCUT2D eigenvalue weighted by Crippen LogP contribution is -2.57. The number of hydrogen-bond acceptors (Lipinski definition) is 3.